The first-order valence-electron chi connectivity index (χ1n) is 7.03. The standard InChI is InChI=1S/C14H22N4/c1-9-5-6-18(8-10(9)2)13-7-12(15)16-14(17-13)11-3-4-11/h7,9-11H,3-6,8H2,1-2H3,(H2,15,16,17). The molecule has 0 radical (unpaired) electrons. The lowest BCUT2D eigenvalue weighted by molar-refractivity contribution is 0.322. The monoisotopic (exact) mass is 246 g/mol. The average molecular weight is 246 g/mol. The second-order valence-electron chi connectivity index (χ2n) is 5.97. The summed E-state index contributed by atoms with van der Waals surface area (Å²) in [6.07, 6.45) is 3.68. The van der Waals surface area contributed by atoms with Crippen molar-refractivity contribution in [3.63, 3.8) is 0 Å². The Balaban J connectivity index is 1.82. The molecule has 4 nitrogen and oxygen atoms in total. The van der Waals surface area contributed by atoms with Crippen LogP contribution in [0.25, 0.3) is 0 Å². The lowest BCUT2D eigenvalue weighted by atomic mass is 9.89. The number of nitrogen functional groups attached to an aromatic ring is 1. The van der Waals surface area contributed by atoms with Gasteiger partial charge in [0, 0.05) is 25.1 Å². The molecule has 1 saturated carbocycles. The first-order valence-corrected chi connectivity index (χ1v) is 7.03. The molecule has 2 unspecified atom stereocenters. The zero-order valence-corrected chi connectivity index (χ0v) is 11.3. The van der Waals surface area contributed by atoms with Gasteiger partial charge in [-0.1, -0.05) is 13.8 Å². The van der Waals surface area contributed by atoms with Gasteiger partial charge in [0.05, 0.1) is 0 Å². The van der Waals surface area contributed by atoms with Crippen molar-refractivity contribution < 1.29 is 0 Å². The number of piperidine rings is 1. The Morgan fingerprint density at radius 3 is 2.61 bits per heavy atom. The molecule has 1 aromatic heterocycles. The number of nitrogens with two attached hydrogens (primary N) is 1. The Morgan fingerprint density at radius 2 is 1.94 bits per heavy atom. The molecule has 2 heterocycles. The van der Waals surface area contributed by atoms with E-state index in [9.17, 15) is 0 Å². The number of anilines is 2. The normalized spacial score (nSPS) is 28.4. The predicted octanol–water partition coefficient (Wildman–Crippen LogP) is 2.42. The summed E-state index contributed by atoms with van der Waals surface area (Å²) in [5.41, 5.74) is 5.92. The number of aromatic nitrogens is 2. The number of hydrogen-bond acceptors (Lipinski definition) is 4. The van der Waals surface area contributed by atoms with E-state index in [4.69, 9.17) is 10.7 Å². The fourth-order valence-electron chi connectivity index (χ4n) is 2.63. The van der Waals surface area contributed by atoms with Gasteiger partial charge in [-0.3, -0.25) is 0 Å². The molecule has 1 aliphatic heterocycles. The summed E-state index contributed by atoms with van der Waals surface area (Å²) in [5, 5.41) is 0. The molecule has 1 aromatic rings. The molecule has 2 N–H and O–H groups in total. The van der Waals surface area contributed by atoms with Crippen molar-refractivity contribution in [1.29, 1.82) is 0 Å². The summed E-state index contributed by atoms with van der Waals surface area (Å²) < 4.78 is 0. The molecule has 2 atom stereocenters. The molecule has 18 heavy (non-hydrogen) atoms. The van der Waals surface area contributed by atoms with Crippen LogP contribution in [0.15, 0.2) is 6.07 Å². The van der Waals surface area contributed by atoms with Gasteiger partial charge in [0.2, 0.25) is 0 Å². The van der Waals surface area contributed by atoms with Crippen LogP contribution < -0.4 is 10.6 Å². The highest BCUT2D eigenvalue weighted by Gasteiger charge is 2.29. The number of nitrogens with zero attached hydrogens (tertiary/aromatic N) is 3. The number of hydrogen-bond donors (Lipinski definition) is 1. The summed E-state index contributed by atoms with van der Waals surface area (Å²) in [7, 11) is 0. The van der Waals surface area contributed by atoms with Crippen molar-refractivity contribution in [1.82, 2.24) is 9.97 Å². The van der Waals surface area contributed by atoms with E-state index >= 15 is 0 Å². The van der Waals surface area contributed by atoms with E-state index in [1.54, 1.807) is 0 Å². The van der Waals surface area contributed by atoms with E-state index in [2.05, 4.69) is 23.7 Å². The predicted molar refractivity (Wildman–Crippen MR) is 73.6 cm³/mol. The minimum Gasteiger partial charge on any atom is -0.384 e. The van der Waals surface area contributed by atoms with Gasteiger partial charge in [0.15, 0.2) is 0 Å². The van der Waals surface area contributed by atoms with Crippen LogP contribution in [-0.2, 0) is 0 Å². The molecular weight excluding hydrogens is 224 g/mol. The van der Waals surface area contributed by atoms with Crippen molar-refractivity contribution in [3.8, 4) is 0 Å². The molecule has 1 aliphatic carbocycles. The van der Waals surface area contributed by atoms with Crippen molar-refractivity contribution in [3.05, 3.63) is 11.9 Å². The molecule has 0 aromatic carbocycles. The van der Waals surface area contributed by atoms with E-state index in [0.29, 0.717) is 11.7 Å². The fraction of sp³-hybridized carbons (Fsp3) is 0.714. The van der Waals surface area contributed by atoms with Crippen LogP contribution in [0.2, 0.25) is 0 Å². The number of rotatable bonds is 2. The third kappa shape index (κ3) is 2.28. The molecule has 1 saturated heterocycles. The Labute approximate surface area is 109 Å². The zero-order valence-electron chi connectivity index (χ0n) is 11.3. The van der Waals surface area contributed by atoms with Gasteiger partial charge in [-0.15, -0.1) is 0 Å². The molecule has 3 rings (SSSR count). The highest BCUT2D eigenvalue weighted by Crippen LogP contribution is 2.39. The maximum atomic E-state index is 5.92. The third-order valence-electron chi connectivity index (χ3n) is 4.35. The van der Waals surface area contributed by atoms with Gasteiger partial charge < -0.3 is 10.6 Å². The van der Waals surface area contributed by atoms with Crippen LogP contribution in [0.3, 0.4) is 0 Å². The van der Waals surface area contributed by atoms with Gasteiger partial charge in [0.1, 0.15) is 17.5 Å². The molecule has 2 fully saturated rings. The van der Waals surface area contributed by atoms with E-state index in [-0.39, 0.29) is 0 Å². The van der Waals surface area contributed by atoms with Gasteiger partial charge in [-0.05, 0) is 31.1 Å². The first kappa shape index (κ1) is 11.8. The topological polar surface area (TPSA) is 55.0 Å². The van der Waals surface area contributed by atoms with E-state index in [1.807, 2.05) is 6.07 Å². The van der Waals surface area contributed by atoms with Crippen LogP contribution in [0.5, 0.6) is 0 Å². The van der Waals surface area contributed by atoms with Gasteiger partial charge in [0.25, 0.3) is 0 Å². The van der Waals surface area contributed by atoms with Crippen LogP contribution in [-0.4, -0.2) is 23.1 Å². The van der Waals surface area contributed by atoms with Crippen LogP contribution in [0.4, 0.5) is 11.6 Å². The Bertz CT molecular complexity index is 441. The third-order valence-corrected chi connectivity index (χ3v) is 4.35. The van der Waals surface area contributed by atoms with E-state index < -0.39 is 0 Å². The van der Waals surface area contributed by atoms with Gasteiger partial charge in [-0.25, -0.2) is 9.97 Å². The molecule has 0 spiro atoms. The second kappa shape index (κ2) is 4.41. The van der Waals surface area contributed by atoms with Gasteiger partial charge >= 0.3 is 0 Å². The minimum atomic E-state index is 0.563. The fourth-order valence-corrected chi connectivity index (χ4v) is 2.63. The average Bonchev–Trinajstić information content (AvgIpc) is 3.16. The van der Waals surface area contributed by atoms with Crippen molar-refractivity contribution >= 4 is 11.6 Å². The van der Waals surface area contributed by atoms with E-state index in [0.717, 1.165) is 36.6 Å². The quantitative estimate of drug-likeness (QED) is 0.870. The lowest BCUT2D eigenvalue weighted by Gasteiger charge is -2.36. The molecule has 0 amide bonds. The summed E-state index contributed by atoms with van der Waals surface area (Å²) in [6, 6.07) is 1.93. The molecule has 0 bridgehead atoms. The van der Waals surface area contributed by atoms with Crippen molar-refractivity contribution in [2.75, 3.05) is 23.7 Å². The Kier molecular flexibility index (Phi) is 2.88. The largest absolute Gasteiger partial charge is 0.384 e. The van der Waals surface area contributed by atoms with Crippen molar-refractivity contribution in [2.24, 2.45) is 11.8 Å². The first-order chi connectivity index (χ1) is 8.63. The Morgan fingerprint density at radius 1 is 1.17 bits per heavy atom. The highest BCUT2D eigenvalue weighted by atomic mass is 15.2. The minimum absolute atomic E-state index is 0.563. The summed E-state index contributed by atoms with van der Waals surface area (Å²) in [6.45, 7) is 6.84. The van der Waals surface area contributed by atoms with Crippen LogP contribution in [0, 0.1) is 11.8 Å². The highest BCUT2D eigenvalue weighted by molar-refractivity contribution is 5.48. The molecule has 2 aliphatic rings. The van der Waals surface area contributed by atoms with Crippen LogP contribution in [0.1, 0.15) is 44.9 Å². The smallest absolute Gasteiger partial charge is 0.136 e. The van der Waals surface area contributed by atoms with Crippen molar-refractivity contribution in [2.45, 2.75) is 39.0 Å². The summed E-state index contributed by atoms with van der Waals surface area (Å²) >= 11 is 0. The lowest BCUT2D eigenvalue weighted by Crippen LogP contribution is -2.39. The maximum absolute atomic E-state index is 5.92. The second-order valence-corrected chi connectivity index (χ2v) is 5.97. The molecular formula is C14H22N4. The molecule has 4 heteroatoms. The summed E-state index contributed by atoms with van der Waals surface area (Å²) in [5.74, 6) is 4.70. The Hall–Kier alpha value is -1.32. The van der Waals surface area contributed by atoms with Gasteiger partial charge in [-0.2, -0.15) is 0 Å². The molecule has 98 valence electrons. The maximum Gasteiger partial charge on any atom is 0.136 e. The SMILES string of the molecule is CC1CCN(c2cc(N)nc(C3CC3)n2)CC1C. The zero-order chi connectivity index (χ0) is 12.7. The van der Waals surface area contributed by atoms with Crippen LogP contribution >= 0.6 is 0 Å². The summed E-state index contributed by atoms with van der Waals surface area (Å²) in [4.78, 5) is 11.4. The van der Waals surface area contributed by atoms with E-state index in [1.165, 1.54) is 19.3 Å².